The first-order chi connectivity index (χ1) is 8.02. The number of aliphatic hydroxyl groups is 1. The second-order valence-electron chi connectivity index (χ2n) is 4.19. The molecule has 0 bridgehead atoms. The molecule has 0 amide bonds. The maximum atomic E-state index is 9.41. The van der Waals surface area contributed by atoms with Crippen LogP contribution in [-0.2, 0) is 0 Å². The number of nitrogens with one attached hydrogen (secondary N) is 1. The minimum absolute atomic E-state index is 0.00772. The van der Waals surface area contributed by atoms with Gasteiger partial charge in [-0.3, -0.25) is 5.10 Å². The van der Waals surface area contributed by atoms with Crippen LogP contribution in [-0.4, -0.2) is 15.3 Å². The summed E-state index contributed by atoms with van der Waals surface area (Å²) in [6.07, 6.45) is 1.76. The van der Waals surface area contributed by atoms with Gasteiger partial charge in [0.2, 0.25) is 0 Å². The van der Waals surface area contributed by atoms with Gasteiger partial charge in [-0.05, 0) is 5.92 Å². The number of nitrogens with two attached hydrogens (primary N) is 1. The normalized spacial score (nSPS) is 11.0. The van der Waals surface area contributed by atoms with E-state index in [1.54, 1.807) is 6.20 Å². The number of aromatic amines is 1. The molecule has 90 valence electrons. The van der Waals surface area contributed by atoms with E-state index in [9.17, 15) is 5.11 Å². The molecule has 0 aromatic carbocycles. The third-order valence-electron chi connectivity index (χ3n) is 2.63. The Morgan fingerprint density at radius 3 is 2.76 bits per heavy atom. The molecule has 0 unspecified atom stereocenters. The van der Waals surface area contributed by atoms with Crippen molar-refractivity contribution in [2.24, 2.45) is 0 Å². The number of hydrogen-bond acceptors (Lipinski definition) is 4. The third-order valence-corrected chi connectivity index (χ3v) is 3.67. The second-order valence-corrected chi connectivity index (χ2v) is 5.07. The van der Waals surface area contributed by atoms with Crippen molar-refractivity contribution in [1.29, 1.82) is 0 Å². The molecule has 5 heteroatoms. The van der Waals surface area contributed by atoms with Crippen LogP contribution in [0, 0.1) is 0 Å². The van der Waals surface area contributed by atoms with Crippen LogP contribution in [0.1, 0.15) is 30.3 Å². The molecule has 0 radical (unpaired) electrons. The quantitative estimate of drug-likeness (QED) is 0.730. The van der Waals surface area contributed by atoms with Gasteiger partial charge in [0.25, 0.3) is 0 Å². The average molecular weight is 249 g/mol. The highest BCUT2D eigenvalue weighted by molar-refractivity contribution is 7.12. The van der Waals surface area contributed by atoms with Crippen molar-refractivity contribution in [3.05, 3.63) is 28.7 Å². The number of nitrogen functional groups attached to an aromatic ring is 1. The van der Waals surface area contributed by atoms with Crippen LogP contribution in [0.4, 0.5) is 5.69 Å². The molecule has 0 saturated carbocycles. The van der Waals surface area contributed by atoms with Gasteiger partial charge in [-0.2, -0.15) is 5.10 Å². The Morgan fingerprint density at radius 2 is 2.24 bits per heavy atom. The number of nitrogens with zero attached hydrogens (tertiary/aromatic N) is 1. The van der Waals surface area contributed by atoms with E-state index >= 15 is 0 Å². The van der Waals surface area contributed by atoms with Crippen molar-refractivity contribution in [2.45, 2.75) is 19.8 Å². The average Bonchev–Trinajstić information content (AvgIpc) is 2.82. The number of rotatable bonds is 3. The van der Waals surface area contributed by atoms with Crippen molar-refractivity contribution in [3.8, 4) is 11.1 Å². The monoisotopic (exact) mass is 249 g/mol. The molecule has 2 aromatic heterocycles. The topological polar surface area (TPSA) is 74.9 Å². The van der Waals surface area contributed by atoms with Gasteiger partial charge in [0.05, 0.1) is 16.8 Å². The fourth-order valence-electron chi connectivity index (χ4n) is 1.75. The Morgan fingerprint density at radius 1 is 1.53 bits per heavy atom. The Balaban J connectivity index is 2.54. The lowest BCUT2D eigenvalue weighted by Crippen LogP contribution is -1.94. The molecule has 17 heavy (non-hydrogen) atoms. The fraction of sp³-hybridized carbons (Fsp3) is 0.250. The third kappa shape index (κ3) is 1.93. The number of aromatic nitrogens is 2. The SMILES string of the molecule is C=C(O)c1scc(-c2cn[nH]c2C(C)C)c1N. The molecule has 0 atom stereocenters. The molecular weight excluding hydrogens is 234 g/mol. The first-order valence-electron chi connectivity index (χ1n) is 5.31. The number of anilines is 1. The molecule has 0 fully saturated rings. The molecule has 4 N–H and O–H groups in total. The molecule has 0 aliphatic carbocycles. The van der Waals surface area contributed by atoms with Crippen molar-refractivity contribution in [2.75, 3.05) is 5.73 Å². The second kappa shape index (κ2) is 4.25. The van der Waals surface area contributed by atoms with Crippen molar-refractivity contribution in [3.63, 3.8) is 0 Å². The highest BCUT2D eigenvalue weighted by atomic mass is 32.1. The van der Waals surface area contributed by atoms with Gasteiger partial charge in [0.1, 0.15) is 5.76 Å². The zero-order valence-electron chi connectivity index (χ0n) is 9.82. The van der Waals surface area contributed by atoms with Gasteiger partial charge in [-0.1, -0.05) is 20.4 Å². The van der Waals surface area contributed by atoms with E-state index in [1.807, 2.05) is 5.38 Å². The zero-order valence-corrected chi connectivity index (χ0v) is 10.6. The van der Waals surface area contributed by atoms with E-state index in [-0.39, 0.29) is 5.76 Å². The summed E-state index contributed by atoms with van der Waals surface area (Å²) in [6.45, 7) is 7.68. The molecule has 0 aliphatic rings. The summed E-state index contributed by atoms with van der Waals surface area (Å²) >= 11 is 1.39. The van der Waals surface area contributed by atoms with E-state index < -0.39 is 0 Å². The summed E-state index contributed by atoms with van der Waals surface area (Å²) in [4.78, 5) is 0.621. The van der Waals surface area contributed by atoms with Crippen LogP contribution >= 0.6 is 11.3 Å². The summed E-state index contributed by atoms with van der Waals surface area (Å²) in [5.41, 5.74) is 9.51. The number of hydrogen-bond donors (Lipinski definition) is 3. The van der Waals surface area contributed by atoms with Gasteiger partial charge >= 0.3 is 0 Å². The summed E-state index contributed by atoms with van der Waals surface area (Å²) in [6, 6.07) is 0. The Kier molecular flexibility index (Phi) is 2.93. The molecule has 2 aromatic rings. The predicted octanol–water partition coefficient (Wildman–Crippen LogP) is 3.37. The van der Waals surface area contributed by atoms with Gasteiger partial charge in [0, 0.05) is 22.2 Å². The summed E-state index contributed by atoms with van der Waals surface area (Å²) in [7, 11) is 0. The molecule has 0 aliphatic heterocycles. The Bertz CT molecular complexity index is 554. The molecule has 0 saturated heterocycles. The van der Waals surface area contributed by atoms with Crippen LogP contribution in [0.3, 0.4) is 0 Å². The van der Waals surface area contributed by atoms with Gasteiger partial charge in [-0.15, -0.1) is 11.3 Å². The van der Waals surface area contributed by atoms with E-state index in [4.69, 9.17) is 5.73 Å². The van der Waals surface area contributed by atoms with Gasteiger partial charge in [-0.25, -0.2) is 0 Å². The molecule has 2 rings (SSSR count). The fourth-order valence-corrected chi connectivity index (χ4v) is 2.61. The Hall–Kier alpha value is -1.75. The van der Waals surface area contributed by atoms with Crippen molar-refractivity contribution in [1.82, 2.24) is 10.2 Å². The van der Waals surface area contributed by atoms with Crippen LogP contribution in [0.25, 0.3) is 16.9 Å². The maximum absolute atomic E-state index is 9.41. The lowest BCUT2D eigenvalue weighted by molar-refractivity contribution is 0.516. The summed E-state index contributed by atoms with van der Waals surface area (Å²) in [5.74, 6) is 0.348. The largest absolute Gasteiger partial charge is 0.507 e. The Labute approximate surface area is 104 Å². The van der Waals surface area contributed by atoms with E-state index in [0.717, 1.165) is 16.8 Å². The number of aliphatic hydroxyl groups excluding tert-OH is 1. The molecule has 0 spiro atoms. The summed E-state index contributed by atoms with van der Waals surface area (Å²) in [5, 5.41) is 18.4. The first kappa shape index (κ1) is 11.7. The zero-order chi connectivity index (χ0) is 12.6. The highest BCUT2D eigenvalue weighted by Gasteiger charge is 2.17. The first-order valence-corrected chi connectivity index (χ1v) is 6.19. The van der Waals surface area contributed by atoms with Gasteiger partial charge in [0.15, 0.2) is 0 Å². The van der Waals surface area contributed by atoms with Crippen molar-refractivity contribution >= 4 is 22.8 Å². The molecular formula is C12H15N3OS. The number of thiophene rings is 1. The standard InChI is InChI=1S/C12H15N3OS/c1-6(2)11-8(4-14-15-11)9-5-17-12(7(3)16)10(9)13/h4-6,16H,3,13H2,1-2H3,(H,14,15). The molecule has 4 nitrogen and oxygen atoms in total. The smallest absolute Gasteiger partial charge is 0.127 e. The highest BCUT2D eigenvalue weighted by Crippen LogP contribution is 2.39. The summed E-state index contributed by atoms with van der Waals surface area (Å²) < 4.78 is 0. The van der Waals surface area contributed by atoms with Crippen molar-refractivity contribution < 1.29 is 5.11 Å². The minimum Gasteiger partial charge on any atom is -0.507 e. The van der Waals surface area contributed by atoms with Crippen LogP contribution in [0.15, 0.2) is 18.2 Å². The lowest BCUT2D eigenvalue weighted by atomic mass is 10.0. The van der Waals surface area contributed by atoms with Crippen LogP contribution in [0.2, 0.25) is 0 Å². The lowest BCUT2D eigenvalue weighted by Gasteiger charge is -2.06. The van der Waals surface area contributed by atoms with E-state index in [1.165, 1.54) is 11.3 Å². The van der Waals surface area contributed by atoms with Gasteiger partial charge < -0.3 is 10.8 Å². The van der Waals surface area contributed by atoms with Crippen LogP contribution < -0.4 is 5.73 Å². The molecule has 2 heterocycles. The minimum atomic E-state index is 0.00772. The maximum Gasteiger partial charge on any atom is 0.127 e. The van der Waals surface area contributed by atoms with E-state index in [2.05, 4.69) is 30.6 Å². The van der Waals surface area contributed by atoms with Crippen LogP contribution in [0.5, 0.6) is 0 Å². The predicted molar refractivity (Wildman–Crippen MR) is 72.1 cm³/mol. The number of H-pyrrole nitrogens is 1. The van der Waals surface area contributed by atoms with E-state index in [0.29, 0.717) is 16.5 Å².